The summed E-state index contributed by atoms with van der Waals surface area (Å²) in [5.41, 5.74) is 2.40. The zero-order valence-corrected chi connectivity index (χ0v) is 11.8. The lowest BCUT2D eigenvalue weighted by molar-refractivity contribution is 1.31. The average molecular weight is 275 g/mol. The molecule has 90 valence electrons. The molecule has 0 bridgehead atoms. The summed E-state index contributed by atoms with van der Waals surface area (Å²) in [7, 11) is 0. The quantitative estimate of drug-likeness (QED) is 0.751. The van der Waals surface area contributed by atoms with E-state index >= 15 is 0 Å². The molecule has 0 N–H and O–H groups in total. The summed E-state index contributed by atoms with van der Waals surface area (Å²) >= 11 is 13.0. The van der Waals surface area contributed by atoms with Gasteiger partial charge in [-0.1, -0.05) is 78.5 Å². The Morgan fingerprint density at radius 3 is 1.39 bits per heavy atom. The molecule has 2 rings (SSSR count). The van der Waals surface area contributed by atoms with Crippen molar-refractivity contribution < 1.29 is 0 Å². The summed E-state index contributed by atoms with van der Waals surface area (Å²) in [6, 6.07) is 20.2. The van der Waals surface area contributed by atoms with Crippen molar-refractivity contribution in [3.05, 3.63) is 60.7 Å². The number of rotatable bonds is 4. The maximum Gasteiger partial charge on any atom is 0.280 e. The van der Waals surface area contributed by atoms with E-state index in [0.29, 0.717) is 0 Å². The van der Waals surface area contributed by atoms with E-state index in [1.54, 1.807) is 0 Å². The summed E-state index contributed by atoms with van der Waals surface area (Å²) in [6.07, 6.45) is -0.150. The molecule has 0 fully saturated rings. The third-order valence-corrected chi connectivity index (χ3v) is 4.46. The van der Waals surface area contributed by atoms with Crippen LogP contribution in [0.2, 0.25) is 5.72 Å². The number of halogens is 2. The second kappa shape index (κ2) is 6.36. The van der Waals surface area contributed by atoms with E-state index in [0.717, 1.165) is 10.9 Å². The fourth-order valence-corrected chi connectivity index (χ4v) is 2.69. The maximum atomic E-state index is 6.52. The van der Waals surface area contributed by atoms with Crippen molar-refractivity contribution in [2.24, 2.45) is 0 Å². The summed E-state index contributed by atoms with van der Waals surface area (Å²) < 4.78 is 0. The lowest BCUT2D eigenvalue weighted by Gasteiger charge is -2.18. The molecule has 4 heteroatoms. The van der Waals surface area contributed by atoms with E-state index in [9.17, 15) is 0 Å². The van der Waals surface area contributed by atoms with Crippen LogP contribution in [0.3, 0.4) is 0 Å². The molecule has 0 heterocycles. The molecular formula is C14H14B2Cl2. The largest absolute Gasteiger partial charge is 0.280 e. The molecule has 0 aliphatic carbocycles. The van der Waals surface area contributed by atoms with Gasteiger partial charge in [0.25, 0.3) is 12.3 Å². The highest BCUT2D eigenvalue weighted by molar-refractivity contribution is 7.27. The van der Waals surface area contributed by atoms with E-state index in [1.807, 2.05) is 60.7 Å². The van der Waals surface area contributed by atoms with Crippen LogP contribution in [-0.2, 0) is 0 Å². The van der Waals surface area contributed by atoms with Crippen molar-refractivity contribution in [3.63, 3.8) is 0 Å². The monoisotopic (exact) mass is 274 g/mol. The first-order valence-electron chi connectivity index (χ1n) is 6.08. The van der Waals surface area contributed by atoms with Crippen LogP contribution in [0.4, 0.5) is 0 Å². The molecule has 0 aromatic heterocycles. The molecule has 0 spiro atoms. The molecule has 0 radical (unpaired) electrons. The molecule has 0 unspecified atom stereocenters. The number of benzene rings is 2. The highest BCUT2D eigenvalue weighted by Crippen LogP contribution is 2.19. The van der Waals surface area contributed by atoms with Crippen molar-refractivity contribution in [1.29, 1.82) is 0 Å². The van der Waals surface area contributed by atoms with Crippen LogP contribution in [0.5, 0.6) is 0 Å². The first-order chi connectivity index (χ1) is 8.70. The van der Waals surface area contributed by atoms with Gasteiger partial charge in [-0.05, 0) is 5.72 Å². The predicted octanol–water partition coefficient (Wildman–Crippen LogP) is 3.19. The fourth-order valence-electron chi connectivity index (χ4n) is 2.03. The van der Waals surface area contributed by atoms with E-state index in [-0.39, 0.29) is 18.0 Å². The Bertz CT molecular complexity index is 430. The lowest BCUT2D eigenvalue weighted by Crippen LogP contribution is -2.40. The minimum atomic E-state index is -0.0751. The predicted molar refractivity (Wildman–Crippen MR) is 84.8 cm³/mol. The summed E-state index contributed by atoms with van der Waals surface area (Å²) in [5, 5.41) is 0. The van der Waals surface area contributed by atoms with Gasteiger partial charge in [-0.3, -0.25) is 0 Å². The molecule has 2 aromatic carbocycles. The van der Waals surface area contributed by atoms with Gasteiger partial charge in [-0.2, -0.15) is 22.9 Å². The van der Waals surface area contributed by atoms with Gasteiger partial charge < -0.3 is 0 Å². The highest BCUT2D eigenvalue weighted by atomic mass is 35.5. The smallest absolute Gasteiger partial charge is 0.189 e. The Kier molecular flexibility index (Phi) is 4.79. The molecule has 0 saturated heterocycles. The normalized spacial score (nSPS) is 10.4. The van der Waals surface area contributed by atoms with Gasteiger partial charge in [0.2, 0.25) is 0 Å². The Morgan fingerprint density at radius 1 is 0.722 bits per heavy atom. The van der Waals surface area contributed by atoms with Crippen molar-refractivity contribution in [2.75, 3.05) is 0 Å². The second-order valence-corrected chi connectivity index (χ2v) is 5.42. The van der Waals surface area contributed by atoms with Gasteiger partial charge in [-0.15, -0.1) is 0 Å². The van der Waals surface area contributed by atoms with E-state index < -0.39 is 0 Å². The summed E-state index contributed by atoms with van der Waals surface area (Å²) in [4.78, 5) is 0. The van der Waals surface area contributed by atoms with Crippen LogP contribution in [-0.4, -0.2) is 12.3 Å². The second-order valence-electron chi connectivity index (χ2n) is 4.48. The summed E-state index contributed by atoms with van der Waals surface area (Å²) in [6.45, 7) is 2.09. The number of hydrogen-bond acceptors (Lipinski definition) is 0. The molecule has 2 aromatic rings. The van der Waals surface area contributed by atoms with Crippen molar-refractivity contribution in [1.82, 2.24) is 0 Å². The van der Waals surface area contributed by atoms with Crippen LogP contribution >= 0.6 is 22.9 Å². The van der Waals surface area contributed by atoms with Gasteiger partial charge in [0.1, 0.15) is 0 Å². The Labute approximate surface area is 119 Å². The molecule has 0 nitrogen and oxygen atoms in total. The molecule has 18 heavy (non-hydrogen) atoms. The van der Waals surface area contributed by atoms with E-state index in [2.05, 4.69) is 6.92 Å². The Hall–Kier alpha value is -0.850. The zero-order valence-electron chi connectivity index (χ0n) is 10.3. The van der Waals surface area contributed by atoms with Crippen molar-refractivity contribution in [3.8, 4) is 0 Å². The third kappa shape index (κ3) is 3.13. The van der Waals surface area contributed by atoms with Gasteiger partial charge in [0.15, 0.2) is 0 Å². The van der Waals surface area contributed by atoms with E-state index in [1.165, 1.54) is 0 Å². The summed E-state index contributed by atoms with van der Waals surface area (Å²) in [5.74, 6) is 0. The zero-order chi connectivity index (χ0) is 13.0. The van der Waals surface area contributed by atoms with Gasteiger partial charge in [-0.25, -0.2) is 0 Å². The van der Waals surface area contributed by atoms with Crippen LogP contribution < -0.4 is 10.9 Å². The van der Waals surface area contributed by atoms with Crippen LogP contribution in [0, 0.1) is 0 Å². The van der Waals surface area contributed by atoms with Gasteiger partial charge in [0, 0.05) is 0 Å². The highest BCUT2D eigenvalue weighted by Gasteiger charge is 2.31. The third-order valence-electron chi connectivity index (χ3n) is 3.16. The van der Waals surface area contributed by atoms with Crippen LogP contribution in [0.1, 0.15) is 6.92 Å². The Balaban J connectivity index is 2.14. The minimum absolute atomic E-state index is 0.0751. The van der Waals surface area contributed by atoms with Crippen LogP contribution in [0.15, 0.2) is 60.7 Å². The molecule has 0 atom stereocenters. The van der Waals surface area contributed by atoms with Crippen LogP contribution in [0.25, 0.3) is 0 Å². The van der Waals surface area contributed by atoms with Crippen molar-refractivity contribution in [2.45, 2.75) is 12.6 Å². The average Bonchev–Trinajstić information content (AvgIpc) is 2.47. The van der Waals surface area contributed by atoms with E-state index in [4.69, 9.17) is 22.9 Å². The minimum Gasteiger partial charge on any atom is -0.189 e. The van der Waals surface area contributed by atoms with Gasteiger partial charge in [0.05, 0.1) is 0 Å². The molecule has 0 saturated carbocycles. The number of hydrogen-bond donors (Lipinski definition) is 0. The standard InChI is InChI=1S/C14H14B2Cl2/c1-12(15(17)13-8-4-2-5-9-13)16(18)14-10-6-3-7-11-14/h2-12H,1H3. The van der Waals surface area contributed by atoms with Gasteiger partial charge >= 0.3 is 0 Å². The molecule has 0 aliphatic heterocycles. The van der Waals surface area contributed by atoms with Crippen molar-refractivity contribution >= 4 is 46.1 Å². The fraction of sp³-hybridized carbons (Fsp3) is 0.143. The first-order valence-corrected chi connectivity index (χ1v) is 6.95. The topological polar surface area (TPSA) is 0 Å². The molecule has 0 amide bonds. The SMILES string of the molecule is CC(B(Cl)c1ccccc1)B(Cl)c1ccccc1. The first kappa shape index (κ1) is 13.6. The molecular weight excluding hydrogens is 261 g/mol. The molecule has 0 aliphatic rings. The Morgan fingerprint density at radius 2 is 1.06 bits per heavy atom. The lowest BCUT2D eigenvalue weighted by atomic mass is 9.39. The maximum absolute atomic E-state index is 6.52.